The summed E-state index contributed by atoms with van der Waals surface area (Å²) in [6, 6.07) is 14.4. The van der Waals surface area contributed by atoms with Crippen LogP contribution in [-0.4, -0.2) is 19.6 Å². The fraction of sp³-hybridized carbons (Fsp3) is 0.312. The van der Waals surface area contributed by atoms with E-state index in [0.29, 0.717) is 6.54 Å². The normalized spacial score (nSPS) is 11.3. The van der Waals surface area contributed by atoms with Crippen LogP contribution in [0, 0.1) is 5.41 Å². The molecule has 3 heteroatoms. The minimum absolute atomic E-state index is 0.208. The predicted molar refractivity (Wildman–Crippen MR) is 78.2 cm³/mol. The Labute approximate surface area is 113 Å². The first kappa shape index (κ1) is 13.4. The van der Waals surface area contributed by atoms with Crippen molar-refractivity contribution in [3.8, 4) is 0 Å². The van der Waals surface area contributed by atoms with Crippen LogP contribution in [-0.2, 0) is 9.53 Å². The third kappa shape index (κ3) is 3.05. The number of ether oxygens (including phenoxy) is 1. The Morgan fingerprint density at radius 3 is 2.53 bits per heavy atom. The van der Waals surface area contributed by atoms with Crippen LogP contribution in [0.1, 0.15) is 13.8 Å². The van der Waals surface area contributed by atoms with Gasteiger partial charge in [-0.15, -0.1) is 0 Å². The van der Waals surface area contributed by atoms with Crippen LogP contribution in [0.4, 0.5) is 5.69 Å². The maximum absolute atomic E-state index is 11.6. The minimum atomic E-state index is -0.541. The topological polar surface area (TPSA) is 38.3 Å². The van der Waals surface area contributed by atoms with Crippen molar-refractivity contribution >= 4 is 22.4 Å². The van der Waals surface area contributed by atoms with Crippen molar-refractivity contribution < 1.29 is 9.53 Å². The molecule has 1 N–H and O–H groups in total. The first-order valence-electron chi connectivity index (χ1n) is 6.34. The molecule has 0 radical (unpaired) electrons. The standard InChI is InChI=1S/C16H19NO2/c1-16(2,15(18)19-3)11-17-14-9-8-12-6-4-5-7-13(12)10-14/h4-10,17H,11H2,1-3H3. The lowest BCUT2D eigenvalue weighted by molar-refractivity contribution is -0.149. The Kier molecular flexibility index (Phi) is 3.74. The molecule has 3 nitrogen and oxygen atoms in total. The van der Waals surface area contributed by atoms with Gasteiger partial charge in [-0.25, -0.2) is 0 Å². The summed E-state index contributed by atoms with van der Waals surface area (Å²) in [6.07, 6.45) is 0. The van der Waals surface area contributed by atoms with Gasteiger partial charge in [0.1, 0.15) is 0 Å². The molecule has 0 aliphatic heterocycles. The molecule has 2 rings (SSSR count). The molecule has 0 spiro atoms. The van der Waals surface area contributed by atoms with Crippen LogP contribution >= 0.6 is 0 Å². The average molecular weight is 257 g/mol. The fourth-order valence-corrected chi connectivity index (χ4v) is 1.97. The van der Waals surface area contributed by atoms with Gasteiger partial charge in [-0.05, 0) is 36.8 Å². The van der Waals surface area contributed by atoms with Gasteiger partial charge in [-0.2, -0.15) is 0 Å². The lowest BCUT2D eigenvalue weighted by Gasteiger charge is -2.22. The van der Waals surface area contributed by atoms with Crippen LogP contribution < -0.4 is 5.32 Å². The van der Waals surface area contributed by atoms with Gasteiger partial charge in [0.15, 0.2) is 0 Å². The lowest BCUT2D eigenvalue weighted by atomic mass is 9.93. The van der Waals surface area contributed by atoms with Crippen molar-refractivity contribution in [3.05, 3.63) is 42.5 Å². The Balaban J connectivity index is 2.12. The zero-order chi connectivity index (χ0) is 13.9. The van der Waals surface area contributed by atoms with Gasteiger partial charge < -0.3 is 10.1 Å². The van der Waals surface area contributed by atoms with Crippen LogP contribution in [0.25, 0.3) is 10.8 Å². The fourth-order valence-electron chi connectivity index (χ4n) is 1.97. The van der Waals surface area contributed by atoms with E-state index in [9.17, 15) is 4.79 Å². The van der Waals surface area contributed by atoms with E-state index in [-0.39, 0.29) is 5.97 Å². The molecule has 2 aromatic carbocycles. The highest BCUT2D eigenvalue weighted by molar-refractivity contribution is 5.85. The molecule has 0 heterocycles. The SMILES string of the molecule is COC(=O)C(C)(C)CNc1ccc2ccccc2c1. The van der Waals surface area contributed by atoms with Gasteiger partial charge in [-0.1, -0.05) is 30.3 Å². The molecule has 19 heavy (non-hydrogen) atoms. The Morgan fingerprint density at radius 1 is 1.16 bits per heavy atom. The largest absolute Gasteiger partial charge is 0.469 e. The second-order valence-corrected chi connectivity index (χ2v) is 5.29. The summed E-state index contributed by atoms with van der Waals surface area (Å²) in [5.41, 5.74) is 0.469. The molecule has 0 bridgehead atoms. The van der Waals surface area contributed by atoms with Crippen LogP contribution in [0.2, 0.25) is 0 Å². The number of hydrogen-bond donors (Lipinski definition) is 1. The first-order valence-corrected chi connectivity index (χ1v) is 6.34. The number of carbonyl (C=O) groups excluding carboxylic acids is 1. The van der Waals surface area contributed by atoms with E-state index in [1.165, 1.54) is 17.9 Å². The van der Waals surface area contributed by atoms with Gasteiger partial charge >= 0.3 is 5.97 Å². The molecule has 0 aliphatic rings. The highest BCUT2D eigenvalue weighted by Crippen LogP contribution is 2.22. The average Bonchev–Trinajstić information content (AvgIpc) is 2.44. The molecule has 0 amide bonds. The van der Waals surface area contributed by atoms with Crippen LogP contribution in [0.5, 0.6) is 0 Å². The molecule has 0 fully saturated rings. The first-order chi connectivity index (χ1) is 9.03. The van der Waals surface area contributed by atoms with E-state index in [1.54, 1.807) is 0 Å². The molecule has 2 aromatic rings. The predicted octanol–water partition coefficient (Wildman–Crippen LogP) is 3.45. The van der Waals surface area contributed by atoms with Crippen LogP contribution in [0.15, 0.2) is 42.5 Å². The van der Waals surface area contributed by atoms with Gasteiger partial charge in [0, 0.05) is 12.2 Å². The van der Waals surface area contributed by atoms with Crippen molar-refractivity contribution in [3.63, 3.8) is 0 Å². The summed E-state index contributed by atoms with van der Waals surface area (Å²) >= 11 is 0. The maximum atomic E-state index is 11.6. The third-order valence-electron chi connectivity index (χ3n) is 3.22. The summed E-state index contributed by atoms with van der Waals surface area (Å²) in [4.78, 5) is 11.6. The van der Waals surface area contributed by atoms with E-state index < -0.39 is 5.41 Å². The molecule has 100 valence electrons. The number of hydrogen-bond acceptors (Lipinski definition) is 3. The van der Waals surface area contributed by atoms with Crippen molar-refractivity contribution in [2.45, 2.75) is 13.8 Å². The molecular formula is C16H19NO2. The summed E-state index contributed by atoms with van der Waals surface area (Å²) in [6.45, 7) is 4.28. The van der Waals surface area contributed by atoms with E-state index in [4.69, 9.17) is 4.74 Å². The van der Waals surface area contributed by atoms with Crippen molar-refractivity contribution in [1.82, 2.24) is 0 Å². The van der Waals surface area contributed by atoms with Crippen LogP contribution in [0.3, 0.4) is 0 Å². The molecule has 0 unspecified atom stereocenters. The number of fused-ring (bicyclic) bond motifs is 1. The van der Waals surface area contributed by atoms with E-state index in [2.05, 4.69) is 29.6 Å². The Bertz CT molecular complexity index is 590. The number of rotatable bonds is 4. The van der Waals surface area contributed by atoms with Gasteiger partial charge in [-0.3, -0.25) is 4.79 Å². The third-order valence-corrected chi connectivity index (χ3v) is 3.22. The number of nitrogens with one attached hydrogen (secondary N) is 1. The minimum Gasteiger partial charge on any atom is -0.469 e. The molecule has 0 aromatic heterocycles. The molecule has 0 saturated carbocycles. The second kappa shape index (κ2) is 5.31. The lowest BCUT2D eigenvalue weighted by Crippen LogP contribution is -2.33. The van der Waals surface area contributed by atoms with E-state index in [0.717, 1.165) is 5.69 Å². The van der Waals surface area contributed by atoms with E-state index >= 15 is 0 Å². The Morgan fingerprint density at radius 2 is 1.84 bits per heavy atom. The monoisotopic (exact) mass is 257 g/mol. The van der Waals surface area contributed by atoms with Crippen molar-refractivity contribution in [2.75, 3.05) is 19.0 Å². The zero-order valence-electron chi connectivity index (χ0n) is 11.6. The second-order valence-electron chi connectivity index (χ2n) is 5.29. The van der Waals surface area contributed by atoms with Crippen molar-refractivity contribution in [1.29, 1.82) is 0 Å². The number of methoxy groups -OCH3 is 1. The molecule has 0 aliphatic carbocycles. The van der Waals surface area contributed by atoms with Gasteiger partial charge in [0.25, 0.3) is 0 Å². The number of benzene rings is 2. The number of esters is 1. The zero-order valence-corrected chi connectivity index (χ0v) is 11.6. The summed E-state index contributed by atoms with van der Waals surface area (Å²) in [7, 11) is 1.42. The Hall–Kier alpha value is -2.03. The summed E-state index contributed by atoms with van der Waals surface area (Å²) in [5, 5.41) is 5.68. The molecule has 0 saturated heterocycles. The number of anilines is 1. The highest BCUT2D eigenvalue weighted by atomic mass is 16.5. The van der Waals surface area contributed by atoms with Crippen molar-refractivity contribution in [2.24, 2.45) is 5.41 Å². The quantitative estimate of drug-likeness (QED) is 0.852. The van der Waals surface area contributed by atoms with Gasteiger partial charge in [0.2, 0.25) is 0 Å². The smallest absolute Gasteiger partial charge is 0.313 e. The number of carbonyl (C=O) groups is 1. The summed E-state index contributed by atoms with van der Waals surface area (Å²) in [5.74, 6) is -0.208. The molecular weight excluding hydrogens is 238 g/mol. The van der Waals surface area contributed by atoms with Gasteiger partial charge in [0.05, 0.1) is 12.5 Å². The highest BCUT2D eigenvalue weighted by Gasteiger charge is 2.28. The summed E-state index contributed by atoms with van der Waals surface area (Å²) < 4.78 is 4.79. The maximum Gasteiger partial charge on any atom is 0.313 e. The molecule has 0 atom stereocenters. The van der Waals surface area contributed by atoms with E-state index in [1.807, 2.05) is 32.0 Å².